The third kappa shape index (κ3) is 2.44. The van der Waals surface area contributed by atoms with Crippen molar-refractivity contribution in [2.24, 2.45) is 0 Å². The van der Waals surface area contributed by atoms with Gasteiger partial charge in [-0.3, -0.25) is 0 Å². The van der Waals surface area contributed by atoms with E-state index in [2.05, 4.69) is 42.6 Å². The fourth-order valence-electron chi connectivity index (χ4n) is 3.07. The summed E-state index contributed by atoms with van der Waals surface area (Å²) in [6.45, 7) is 3.86. The first-order chi connectivity index (χ1) is 8.77. The van der Waals surface area contributed by atoms with Crippen molar-refractivity contribution in [3.05, 3.63) is 35.9 Å². The number of hydrogen-bond acceptors (Lipinski definition) is 3. The Morgan fingerprint density at radius 2 is 1.83 bits per heavy atom. The van der Waals surface area contributed by atoms with E-state index in [-0.39, 0.29) is 5.79 Å². The molecule has 3 heteroatoms. The zero-order valence-electron chi connectivity index (χ0n) is 10.9. The largest absolute Gasteiger partial charge is 0.350 e. The summed E-state index contributed by atoms with van der Waals surface area (Å²) in [7, 11) is 0. The monoisotopic (exact) mass is 247 g/mol. The highest BCUT2D eigenvalue weighted by Crippen LogP contribution is 2.38. The molecule has 0 saturated carbocycles. The first-order valence-corrected chi connectivity index (χ1v) is 6.86. The van der Waals surface area contributed by atoms with Gasteiger partial charge in [0.2, 0.25) is 0 Å². The summed E-state index contributed by atoms with van der Waals surface area (Å²) < 4.78 is 11.9. The van der Waals surface area contributed by atoms with Crippen molar-refractivity contribution in [1.82, 2.24) is 5.32 Å². The maximum Gasteiger partial charge on any atom is 0.171 e. The quantitative estimate of drug-likeness (QED) is 0.827. The van der Waals surface area contributed by atoms with Gasteiger partial charge >= 0.3 is 0 Å². The molecule has 0 bridgehead atoms. The van der Waals surface area contributed by atoms with Crippen molar-refractivity contribution >= 4 is 0 Å². The fraction of sp³-hybridized carbons (Fsp3) is 0.600. The minimum atomic E-state index is -0.358. The van der Waals surface area contributed by atoms with E-state index >= 15 is 0 Å². The van der Waals surface area contributed by atoms with Crippen molar-refractivity contribution in [2.75, 3.05) is 13.2 Å². The molecule has 1 spiro atoms. The van der Waals surface area contributed by atoms with E-state index < -0.39 is 0 Å². The van der Waals surface area contributed by atoms with Crippen molar-refractivity contribution < 1.29 is 9.47 Å². The Bertz CT molecular complexity index is 387. The second-order valence-electron chi connectivity index (χ2n) is 5.40. The Kier molecular flexibility index (Phi) is 3.37. The van der Waals surface area contributed by atoms with Gasteiger partial charge in [0.05, 0.1) is 13.2 Å². The maximum absolute atomic E-state index is 5.97. The Morgan fingerprint density at radius 3 is 2.56 bits per heavy atom. The molecule has 2 aliphatic rings. The molecule has 98 valence electrons. The van der Waals surface area contributed by atoms with E-state index in [4.69, 9.17) is 9.47 Å². The third-order valence-electron chi connectivity index (χ3n) is 3.84. The van der Waals surface area contributed by atoms with E-state index in [1.165, 1.54) is 5.56 Å². The summed E-state index contributed by atoms with van der Waals surface area (Å²) in [4.78, 5) is 0. The molecule has 0 aliphatic carbocycles. The molecule has 0 amide bonds. The number of piperidine rings is 1. The minimum absolute atomic E-state index is 0.327. The lowest BCUT2D eigenvalue weighted by atomic mass is 9.88. The van der Waals surface area contributed by atoms with Crippen LogP contribution in [0.2, 0.25) is 0 Å². The molecule has 2 saturated heterocycles. The van der Waals surface area contributed by atoms with Gasteiger partial charge in [0.15, 0.2) is 5.79 Å². The topological polar surface area (TPSA) is 30.5 Å². The van der Waals surface area contributed by atoms with Gasteiger partial charge in [0.25, 0.3) is 0 Å². The lowest BCUT2D eigenvalue weighted by molar-refractivity contribution is -0.286. The summed E-state index contributed by atoms with van der Waals surface area (Å²) in [5, 5.41) is 3.64. The summed E-state index contributed by atoms with van der Waals surface area (Å²) in [5.74, 6) is -0.358. The Morgan fingerprint density at radius 1 is 1.11 bits per heavy atom. The molecule has 1 aromatic carbocycles. The van der Waals surface area contributed by atoms with Crippen LogP contribution in [-0.2, 0) is 9.47 Å². The van der Waals surface area contributed by atoms with Crippen LogP contribution in [0.25, 0.3) is 0 Å². The number of nitrogens with one attached hydrogen (secondary N) is 1. The minimum Gasteiger partial charge on any atom is -0.350 e. The van der Waals surface area contributed by atoms with Crippen LogP contribution in [0.1, 0.15) is 37.8 Å². The van der Waals surface area contributed by atoms with Gasteiger partial charge in [0, 0.05) is 24.9 Å². The molecule has 2 fully saturated rings. The van der Waals surface area contributed by atoms with Crippen LogP contribution < -0.4 is 5.32 Å². The average Bonchev–Trinajstić information content (AvgIpc) is 2.40. The first kappa shape index (κ1) is 12.2. The van der Waals surface area contributed by atoms with Crippen LogP contribution in [0.4, 0.5) is 0 Å². The molecule has 2 atom stereocenters. The molecule has 1 aromatic rings. The molecule has 2 aliphatic heterocycles. The molecule has 0 unspecified atom stereocenters. The smallest absolute Gasteiger partial charge is 0.171 e. The second-order valence-corrected chi connectivity index (χ2v) is 5.40. The van der Waals surface area contributed by atoms with Gasteiger partial charge < -0.3 is 14.8 Å². The second kappa shape index (κ2) is 5.00. The highest BCUT2D eigenvalue weighted by atomic mass is 16.7. The number of hydrogen-bond donors (Lipinski definition) is 1. The van der Waals surface area contributed by atoms with Crippen molar-refractivity contribution in [3.8, 4) is 0 Å². The van der Waals surface area contributed by atoms with Gasteiger partial charge in [-0.1, -0.05) is 30.3 Å². The van der Waals surface area contributed by atoms with E-state index in [0.717, 1.165) is 32.5 Å². The number of ether oxygens (including phenoxy) is 2. The summed E-state index contributed by atoms with van der Waals surface area (Å²) >= 11 is 0. The molecular formula is C15H21NO2. The van der Waals surface area contributed by atoms with Crippen LogP contribution in [-0.4, -0.2) is 25.0 Å². The SMILES string of the molecule is C[C@H]1CC2(C[C@@H](c3ccccc3)N1)OCCCO2. The van der Waals surface area contributed by atoms with Crippen LogP contribution in [0.15, 0.2) is 30.3 Å². The van der Waals surface area contributed by atoms with E-state index in [0.29, 0.717) is 12.1 Å². The van der Waals surface area contributed by atoms with E-state index in [1.54, 1.807) is 0 Å². The predicted molar refractivity (Wildman–Crippen MR) is 70.3 cm³/mol. The molecular weight excluding hydrogens is 226 g/mol. The van der Waals surface area contributed by atoms with E-state index in [9.17, 15) is 0 Å². The number of rotatable bonds is 1. The first-order valence-electron chi connectivity index (χ1n) is 6.86. The normalized spacial score (nSPS) is 31.4. The standard InChI is InChI=1S/C15H21NO2/c1-12-10-15(17-8-5-9-18-15)11-14(16-12)13-6-3-2-4-7-13/h2-4,6-7,12,14,16H,5,8-11H2,1H3/t12-,14-/m0/s1. The highest BCUT2D eigenvalue weighted by Gasteiger charge is 2.42. The molecule has 2 heterocycles. The van der Waals surface area contributed by atoms with Crippen LogP contribution in [0.3, 0.4) is 0 Å². The summed E-state index contributed by atoms with van der Waals surface area (Å²) in [6, 6.07) is 11.3. The van der Waals surface area contributed by atoms with Gasteiger partial charge in [0.1, 0.15) is 0 Å². The summed E-state index contributed by atoms with van der Waals surface area (Å²) in [5.41, 5.74) is 1.32. The molecule has 3 nitrogen and oxygen atoms in total. The molecule has 1 N–H and O–H groups in total. The predicted octanol–water partition coefficient (Wildman–Crippen LogP) is 2.63. The van der Waals surface area contributed by atoms with Crippen molar-refractivity contribution in [1.29, 1.82) is 0 Å². The van der Waals surface area contributed by atoms with Crippen molar-refractivity contribution in [3.63, 3.8) is 0 Å². The van der Waals surface area contributed by atoms with Gasteiger partial charge in [-0.15, -0.1) is 0 Å². The maximum atomic E-state index is 5.97. The molecule has 3 rings (SSSR count). The molecule has 18 heavy (non-hydrogen) atoms. The average molecular weight is 247 g/mol. The van der Waals surface area contributed by atoms with Gasteiger partial charge in [-0.2, -0.15) is 0 Å². The lowest BCUT2D eigenvalue weighted by Crippen LogP contribution is -2.53. The zero-order chi connectivity index (χ0) is 12.4. The summed E-state index contributed by atoms with van der Waals surface area (Å²) in [6.07, 6.45) is 2.86. The van der Waals surface area contributed by atoms with Crippen LogP contribution in [0.5, 0.6) is 0 Å². The lowest BCUT2D eigenvalue weighted by Gasteiger charge is -2.45. The fourth-order valence-corrected chi connectivity index (χ4v) is 3.07. The van der Waals surface area contributed by atoms with E-state index in [1.807, 2.05) is 0 Å². The van der Waals surface area contributed by atoms with Crippen molar-refractivity contribution in [2.45, 2.75) is 44.1 Å². The highest BCUT2D eigenvalue weighted by molar-refractivity contribution is 5.20. The Hall–Kier alpha value is -0.900. The molecule has 0 aromatic heterocycles. The van der Waals surface area contributed by atoms with Crippen LogP contribution in [0, 0.1) is 0 Å². The third-order valence-corrected chi connectivity index (χ3v) is 3.84. The Balaban J connectivity index is 1.80. The van der Waals surface area contributed by atoms with Gasteiger partial charge in [-0.05, 0) is 18.9 Å². The zero-order valence-corrected chi connectivity index (χ0v) is 10.9. The molecule has 0 radical (unpaired) electrons. The van der Waals surface area contributed by atoms with Gasteiger partial charge in [-0.25, -0.2) is 0 Å². The number of benzene rings is 1. The van der Waals surface area contributed by atoms with Crippen LogP contribution >= 0.6 is 0 Å². The Labute approximate surface area is 108 Å².